The Bertz CT molecular complexity index is 386. The predicted molar refractivity (Wildman–Crippen MR) is 64.3 cm³/mol. The lowest BCUT2D eigenvalue weighted by Gasteiger charge is -2.15. The number of carbonyl (C=O) groups is 1. The highest BCUT2D eigenvalue weighted by atomic mass is 16.5. The van der Waals surface area contributed by atoms with Gasteiger partial charge in [-0.25, -0.2) is 4.79 Å². The van der Waals surface area contributed by atoms with E-state index in [-0.39, 0.29) is 12.1 Å². The van der Waals surface area contributed by atoms with Crippen LogP contribution in [0.1, 0.15) is 23.7 Å². The zero-order valence-electron chi connectivity index (χ0n) is 9.94. The Labute approximate surface area is 101 Å². The summed E-state index contributed by atoms with van der Waals surface area (Å²) in [5.41, 5.74) is 0.501. The smallest absolute Gasteiger partial charge is 0.341 e. The number of para-hydroxylation sites is 1. The van der Waals surface area contributed by atoms with Crippen molar-refractivity contribution >= 4 is 5.97 Å². The van der Waals surface area contributed by atoms with Crippen molar-refractivity contribution in [3.05, 3.63) is 29.8 Å². The maximum Gasteiger partial charge on any atom is 0.341 e. The van der Waals surface area contributed by atoms with E-state index in [0.717, 1.165) is 19.5 Å². The van der Waals surface area contributed by atoms with Crippen LogP contribution in [0.5, 0.6) is 5.75 Å². The standard InChI is InChI=1S/C13H17NO3/c1-2-16-13(15)11-5-3-4-6-12(11)17-10-7-8-14-9-10/h3-6,10,14H,2,7-9H2,1H3/t10-/m0/s1. The quantitative estimate of drug-likeness (QED) is 0.805. The number of hydrogen-bond acceptors (Lipinski definition) is 4. The first-order valence-corrected chi connectivity index (χ1v) is 5.94. The van der Waals surface area contributed by atoms with Crippen LogP contribution in [0, 0.1) is 0 Å². The SMILES string of the molecule is CCOC(=O)c1ccccc1O[C@H]1CCNC1. The Morgan fingerprint density at radius 3 is 3.00 bits per heavy atom. The molecule has 1 aliphatic heterocycles. The minimum Gasteiger partial charge on any atom is -0.488 e. The van der Waals surface area contributed by atoms with Crippen LogP contribution in [0.15, 0.2) is 24.3 Å². The van der Waals surface area contributed by atoms with Crippen LogP contribution in [-0.4, -0.2) is 31.8 Å². The molecule has 0 unspecified atom stereocenters. The summed E-state index contributed by atoms with van der Waals surface area (Å²) in [5, 5.41) is 3.23. The highest BCUT2D eigenvalue weighted by molar-refractivity contribution is 5.92. The van der Waals surface area contributed by atoms with Crippen LogP contribution < -0.4 is 10.1 Å². The van der Waals surface area contributed by atoms with E-state index >= 15 is 0 Å². The first kappa shape index (κ1) is 11.9. The van der Waals surface area contributed by atoms with Gasteiger partial charge in [0.15, 0.2) is 0 Å². The van der Waals surface area contributed by atoms with E-state index in [1.165, 1.54) is 0 Å². The van der Waals surface area contributed by atoms with Gasteiger partial charge >= 0.3 is 5.97 Å². The molecule has 0 spiro atoms. The molecule has 1 fully saturated rings. The van der Waals surface area contributed by atoms with Crippen LogP contribution in [0.3, 0.4) is 0 Å². The average Bonchev–Trinajstić information content (AvgIpc) is 2.83. The highest BCUT2D eigenvalue weighted by Gasteiger charge is 2.19. The summed E-state index contributed by atoms with van der Waals surface area (Å²) in [7, 11) is 0. The first-order valence-electron chi connectivity index (χ1n) is 5.94. The van der Waals surface area contributed by atoms with Crippen molar-refractivity contribution in [2.45, 2.75) is 19.4 Å². The molecule has 0 bridgehead atoms. The van der Waals surface area contributed by atoms with Crippen LogP contribution in [0.4, 0.5) is 0 Å². The summed E-state index contributed by atoms with van der Waals surface area (Å²) in [4.78, 5) is 11.7. The predicted octanol–water partition coefficient (Wildman–Crippen LogP) is 1.60. The minimum absolute atomic E-state index is 0.144. The van der Waals surface area contributed by atoms with Gasteiger partial charge in [0.05, 0.1) is 6.61 Å². The fourth-order valence-corrected chi connectivity index (χ4v) is 1.86. The summed E-state index contributed by atoms with van der Waals surface area (Å²) in [6.45, 7) is 3.96. The van der Waals surface area contributed by atoms with Gasteiger partial charge in [-0.3, -0.25) is 0 Å². The monoisotopic (exact) mass is 235 g/mol. The molecule has 1 N–H and O–H groups in total. The van der Waals surface area contributed by atoms with E-state index in [1.54, 1.807) is 13.0 Å². The molecule has 1 aliphatic rings. The molecule has 2 rings (SSSR count). The van der Waals surface area contributed by atoms with Crippen molar-refractivity contribution in [1.29, 1.82) is 0 Å². The lowest BCUT2D eigenvalue weighted by atomic mass is 10.2. The van der Waals surface area contributed by atoms with Crippen molar-refractivity contribution in [2.75, 3.05) is 19.7 Å². The third kappa shape index (κ3) is 2.97. The van der Waals surface area contributed by atoms with Crippen molar-refractivity contribution in [3.8, 4) is 5.75 Å². The zero-order valence-corrected chi connectivity index (χ0v) is 9.94. The number of hydrogen-bond donors (Lipinski definition) is 1. The molecule has 4 nitrogen and oxygen atoms in total. The minimum atomic E-state index is -0.325. The average molecular weight is 235 g/mol. The van der Waals surface area contributed by atoms with E-state index in [9.17, 15) is 4.79 Å². The molecular formula is C13H17NO3. The molecule has 0 amide bonds. The maximum atomic E-state index is 11.7. The number of ether oxygens (including phenoxy) is 2. The first-order chi connectivity index (χ1) is 8.31. The zero-order chi connectivity index (χ0) is 12.1. The maximum absolute atomic E-state index is 11.7. The Morgan fingerprint density at radius 2 is 2.29 bits per heavy atom. The number of carbonyl (C=O) groups excluding carboxylic acids is 1. The second-order valence-electron chi connectivity index (χ2n) is 3.95. The molecule has 1 heterocycles. The van der Waals surface area contributed by atoms with E-state index in [4.69, 9.17) is 9.47 Å². The van der Waals surface area contributed by atoms with E-state index < -0.39 is 0 Å². The third-order valence-corrected chi connectivity index (χ3v) is 2.69. The van der Waals surface area contributed by atoms with Crippen LogP contribution >= 0.6 is 0 Å². The van der Waals surface area contributed by atoms with Crippen molar-refractivity contribution < 1.29 is 14.3 Å². The van der Waals surface area contributed by atoms with Crippen molar-refractivity contribution in [3.63, 3.8) is 0 Å². The normalized spacial score (nSPS) is 19.0. The largest absolute Gasteiger partial charge is 0.488 e. The summed E-state index contributed by atoms with van der Waals surface area (Å²) < 4.78 is 10.8. The van der Waals surface area contributed by atoms with Gasteiger partial charge in [0.1, 0.15) is 17.4 Å². The third-order valence-electron chi connectivity index (χ3n) is 2.69. The lowest BCUT2D eigenvalue weighted by Crippen LogP contribution is -2.21. The van der Waals surface area contributed by atoms with Gasteiger partial charge in [0.25, 0.3) is 0 Å². The molecule has 92 valence electrons. The molecule has 1 saturated heterocycles. The number of nitrogens with one attached hydrogen (secondary N) is 1. The molecule has 0 aromatic heterocycles. The molecule has 17 heavy (non-hydrogen) atoms. The van der Waals surface area contributed by atoms with Crippen molar-refractivity contribution in [2.24, 2.45) is 0 Å². The van der Waals surface area contributed by atoms with Gasteiger partial charge in [-0.15, -0.1) is 0 Å². The lowest BCUT2D eigenvalue weighted by molar-refractivity contribution is 0.0519. The van der Waals surface area contributed by atoms with Gasteiger partial charge in [0, 0.05) is 6.54 Å². The van der Waals surface area contributed by atoms with E-state index in [1.807, 2.05) is 18.2 Å². The number of rotatable bonds is 4. The summed E-state index contributed by atoms with van der Waals surface area (Å²) in [5.74, 6) is 0.286. The molecule has 0 radical (unpaired) electrons. The fourth-order valence-electron chi connectivity index (χ4n) is 1.86. The molecule has 0 aliphatic carbocycles. The topological polar surface area (TPSA) is 47.6 Å². The number of esters is 1. The molecule has 1 atom stereocenters. The Hall–Kier alpha value is -1.55. The fraction of sp³-hybridized carbons (Fsp3) is 0.462. The van der Waals surface area contributed by atoms with Gasteiger partial charge in [-0.2, -0.15) is 0 Å². The van der Waals surface area contributed by atoms with E-state index in [2.05, 4.69) is 5.32 Å². The van der Waals surface area contributed by atoms with Gasteiger partial charge in [-0.05, 0) is 32.0 Å². The van der Waals surface area contributed by atoms with Gasteiger partial charge in [-0.1, -0.05) is 12.1 Å². The number of benzene rings is 1. The second-order valence-corrected chi connectivity index (χ2v) is 3.95. The molecule has 1 aromatic rings. The summed E-state index contributed by atoms with van der Waals surface area (Å²) in [6, 6.07) is 7.22. The molecule has 0 saturated carbocycles. The van der Waals surface area contributed by atoms with Gasteiger partial charge < -0.3 is 14.8 Å². The second kappa shape index (κ2) is 5.68. The Kier molecular flexibility index (Phi) is 3.98. The molecule has 4 heteroatoms. The highest BCUT2D eigenvalue weighted by Crippen LogP contribution is 2.21. The summed E-state index contributed by atoms with van der Waals surface area (Å²) in [6.07, 6.45) is 1.11. The van der Waals surface area contributed by atoms with E-state index in [0.29, 0.717) is 17.9 Å². The Balaban J connectivity index is 2.12. The van der Waals surface area contributed by atoms with Gasteiger partial charge in [0.2, 0.25) is 0 Å². The molecular weight excluding hydrogens is 218 g/mol. The summed E-state index contributed by atoms with van der Waals surface area (Å²) >= 11 is 0. The van der Waals surface area contributed by atoms with Crippen LogP contribution in [0.25, 0.3) is 0 Å². The van der Waals surface area contributed by atoms with Crippen LogP contribution in [0.2, 0.25) is 0 Å². The Morgan fingerprint density at radius 1 is 1.47 bits per heavy atom. The van der Waals surface area contributed by atoms with Crippen LogP contribution in [-0.2, 0) is 4.74 Å². The molecule has 1 aromatic carbocycles. The van der Waals surface area contributed by atoms with Crippen molar-refractivity contribution in [1.82, 2.24) is 5.32 Å².